The van der Waals surface area contributed by atoms with E-state index in [0.717, 1.165) is 37.5 Å². The summed E-state index contributed by atoms with van der Waals surface area (Å²) in [6.45, 7) is 6.03. The molecule has 27 heavy (non-hydrogen) atoms. The van der Waals surface area contributed by atoms with Gasteiger partial charge in [-0.05, 0) is 43.0 Å². The molecular formula is C21H26ClN3O2. The third-order valence-corrected chi connectivity index (χ3v) is 5.97. The monoisotopic (exact) mass is 387 g/mol. The summed E-state index contributed by atoms with van der Waals surface area (Å²) in [6.07, 6.45) is 6.37. The summed E-state index contributed by atoms with van der Waals surface area (Å²) in [5.74, 6) is 0.387. The Morgan fingerprint density at radius 2 is 2.11 bits per heavy atom. The number of hydrogen-bond donors (Lipinski definition) is 0. The fourth-order valence-corrected chi connectivity index (χ4v) is 4.62. The lowest BCUT2D eigenvalue weighted by atomic mass is 9.90. The minimum absolute atomic E-state index is 0.166. The van der Waals surface area contributed by atoms with E-state index >= 15 is 0 Å². The molecule has 1 amide bonds. The molecule has 2 heterocycles. The minimum atomic E-state index is -0.207. The second-order valence-corrected chi connectivity index (χ2v) is 7.74. The van der Waals surface area contributed by atoms with Crippen LogP contribution < -0.4 is 0 Å². The third kappa shape index (κ3) is 3.76. The molecule has 4 rings (SSSR count). The molecule has 3 aliphatic rings. The molecule has 0 saturated carbocycles. The van der Waals surface area contributed by atoms with Crippen LogP contribution in [0.25, 0.3) is 0 Å². The molecule has 1 saturated heterocycles. The standard InChI is InChI=1S/C21H26ClN3O2/c1-2-27-21(26)25-12-10-24(11-13-25)20-18-8-7-17(22)14-16(18)6-5-15-4-3-9-23-19(15)20/h3-4,7-8,14-15,20H,2,5-6,9-13H2,1H3. The largest absolute Gasteiger partial charge is 0.450 e. The van der Waals surface area contributed by atoms with Crippen molar-refractivity contribution >= 4 is 23.4 Å². The summed E-state index contributed by atoms with van der Waals surface area (Å²) in [4.78, 5) is 21.2. The molecule has 1 fully saturated rings. The summed E-state index contributed by atoms with van der Waals surface area (Å²) < 4.78 is 5.16. The zero-order valence-electron chi connectivity index (χ0n) is 15.7. The van der Waals surface area contributed by atoms with Crippen molar-refractivity contribution < 1.29 is 9.53 Å². The topological polar surface area (TPSA) is 45.1 Å². The van der Waals surface area contributed by atoms with Crippen molar-refractivity contribution in [3.05, 3.63) is 46.5 Å². The molecule has 144 valence electrons. The van der Waals surface area contributed by atoms with Crippen LogP contribution in [0.1, 0.15) is 30.5 Å². The molecule has 2 aliphatic heterocycles. The van der Waals surface area contributed by atoms with Gasteiger partial charge < -0.3 is 9.64 Å². The fraction of sp³-hybridized carbons (Fsp3) is 0.524. The van der Waals surface area contributed by atoms with Crippen LogP contribution >= 0.6 is 11.6 Å². The molecule has 1 aromatic rings. The Morgan fingerprint density at radius 3 is 2.89 bits per heavy atom. The van der Waals surface area contributed by atoms with Crippen LogP contribution in [0.15, 0.2) is 35.3 Å². The van der Waals surface area contributed by atoms with E-state index in [9.17, 15) is 4.79 Å². The maximum absolute atomic E-state index is 12.0. The molecule has 0 radical (unpaired) electrons. The van der Waals surface area contributed by atoms with E-state index in [0.29, 0.717) is 25.6 Å². The van der Waals surface area contributed by atoms with Gasteiger partial charge in [-0.15, -0.1) is 0 Å². The number of hydrogen-bond acceptors (Lipinski definition) is 4. The van der Waals surface area contributed by atoms with Gasteiger partial charge in [-0.2, -0.15) is 0 Å². The number of amides is 1. The van der Waals surface area contributed by atoms with E-state index in [1.807, 2.05) is 13.0 Å². The maximum Gasteiger partial charge on any atom is 0.409 e. The van der Waals surface area contributed by atoms with Crippen molar-refractivity contribution in [1.82, 2.24) is 9.80 Å². The number of aryl methyl sites for hydroxylation is 1. The highest BCUT2D eigenvalue weighted by Crippen LogP contribution is 2.37. The number of piperazine rings is 1. The van der Waals surface area contributed by atoms with Crippen molar-refractivity contribution in [2.24, 2.45) is 10.9 Å². The van der Waals surface area contributed by atoms with E-state index in [1.165, 1.54) is 16.8 Å². The summed E-state index contributed by atoms with van der Waals surface area (Å²) in [5, 5.41) is 0.794. The highest BCUT2D eigenvalue weighted by atomic mass is 35.5. The third-order valence-electron chi connectivity index (χ3n) is 5.74. The molecule has 0 aromatic heterocycles. The van der Waals surface area contributed by atoms with Gasteiger partial charge in [0.05, 0.1) is 19.2 Å². The molecule has 1 aromatic carbocycles. The Balaban J connectivity index is 1.61. The van der Waals surface area contributed by atoms with Crippen molar-refractivity contribution in [1.29, 1.82) is 0 Å². The molecule has 2 atom stereocenters. The number of nitrogens with zero attached hydrogens (tertiary/aromatic N) is 3. The molecule has 1 aliphatic carbocycles. The Hall–Kier alpha value is -1.85. The van der Waals surface area contributed by atoms with Gasteiger partial charge in [0.15, 0.2) is 0 Å². The summed E-state index contributed by atoms with van der Waals surface area (Å²) in [5.41, 5.74) is 3.91. The van der Waals surface area contributed by atoms with Gasteiger partial charge in [-0.1, -0.05) is 29.8 Å². The lowest BCUT2D eigenvalue weighted by Crippen LogP contribution is -2.51. The van der Waals surface area contributed by atoms with E-state index in [1.54, 1.807) is 4.90 Å². The van der Waals surface area contributed by atoms with Crippen LogP contribution in [0.3, 0.4) is 0 Å². The number of halogens is 1. The lowest BCUT2D eigenvalue weighted by Gasteiger charge is -2.40. The smallest absolute Gasteiger partial charge is 0.409 e. The molecule has 0 bridgehead atoms. The van der Waals surface area contributed by atoms with Crippen LogP contribution in [-0.2, 0) is 11.2 Å². The predicted molar refractivity (Wildman–Crippen MR) is 108 cm³/mol. The second kappa shape index (κ2) is 8.03. The van der Waals surface area contributed by atoms with Crippen molar-refractivity contribution in [2.75, 3.05) is 39.3 Å². The first-order valence-corrected chi connectivity index (χ1v) is 10.2. The number of aliphatic imine (C=N–C) groups is 1. The van der Waals surface area contributed by atoms with Gasteiger partial charge in [0.25, 0.3) is 0 Å². The lowest BCUT2D eigenvalue weighted by molar-refractivity contribution is 0.0742. The zero-order chi connectivity index (χ0) is 18.8. The van der Waals surface area contributed by atoms with Crippen LogP contribution in [0.4, 0.5) is 4.79 Å². The number of fused-ring (bicyclic) bond motifs is 2. The second-order valence-electron chi connectivity index (χ2n) is 7.31. The number of dihydropyridines is 1. The Kier molecular flexibility index (Phi) is 5.50. The molecular weight excluding hydrogens is 362 g/mol. The summed E-state index contributed by atoms with van der Waals surface area (Å²) in [7, 11) is 0. The van der Waals surface area contributed by atoms with Gasteiger partial charge in [-0.25, -0.2) is 4.79 Å². The Morgan fingerprint density at radius 1 is 1.30 bits per heavy atom. The fourth-order valence-electron chi connectivity index (χ4n) is 4.42. The van der Waals surface area contributed by atoms with E-state index in [4.69, 9.17) is 21.3 Å². The first-order valence-electron chi connectivity index (χ1n) is 9.82. The van der Waals surface area contributed by atoms with Crippen LogP contribution in [0, 0.1) is 5.92 Å². The van der Waals surface area contributed by atoms with Crippen LogP contribution in [0.2, 0.25) is 5.02 Å². The Bertz CT molecular complexity index is 769. The molecule has 2 unspecified atom stereocenters. The number of carbonyl (C=O) groups excluding carboxylic acids is 1. The number of benzene rings is 1. The van der Waals surface area contributed by atoms with Crippen molar-refractivity contribution in [2.45, 2.75) is 25.8 Å². The highest BCUT2D eigenvalue weighted by Gasteiger charge is 2.36. The van der Waals surface area contributed by atoms with E-state index in [2.05, 4.69) is 29.2 Å². The maximum atomic E-state index is 12.0. The molecule has 5 nitrogen and oxygen atoms in total. The summed E-state index contributed by atoms with van der Waals surface area (Å²) in [6, 6.07) is 6.44. The van der Waals surface area contributed by atoms with Gasteiger partial charge in [0.1, 0.15) is 0 Å². The van der Waals surface area contributed by atoms with Gasteiger partial charge >= 0.3 is 6.09 Å². The summed E-state index contributed by atoms with van der Waals surface area (Å²) >= 11 is 6.28. The minimum Gasteiger partial charge on any atom is -0.450 e. The first-order chi connectivity index (χ1) is 13.2. The Labute approximate surface area is 165 Å². The molecule has 6 heteroatoms. The van der Waals surface area contributed by atoms with Crippen molar-refractivity contribution in [3.63, 3.8) is 0 Å². The average Bonchev–Trinajstić information content (AvgIpc) is 2.85. The predicted octanol–water partition coefficient (Wildman–Crippen LogP) is 3.73. The highest BCUT2D eigenvalue weighted by molar-refractivity contribution is 6.30. The number of allylic oxidation sites excluding steroid dienone is 1. The molecule has 0 spiro atoms. The average molecular weight is 388 g/mol. The van der Waals surface area contributed by atoms with Crippen LogP contribution in [-0.4, -0.2) is 60.9 Å². The number of ether oxygens (including phenoxy) is 1. The van der Waals surface area contributed by atoms with E-state index < -0.39 is 0 Å². The van der Waals surface area contributed by atoms with Gasteiger partial charge in [0.2, 0.25) is 0 Å². The SMILES string of the molecule is CCOC(=O)N1CCN(C2C3=NCC=CC3CCc3cc(Cl)ccc32)CC1. The molecule has 0 N–H and O–H groups in total. The first kappa shape index (κ1) is 18.5. The van der Waals surface area contributed by atoms with Crippen LogP contribution in [0.5, 0.6) is 0 Å². The van der Waals surface area contributed by atoms with E-state index in [-0.39, 0.29) is 12.1 Å². The van der Waals surface area contributed by atoms with Gasteiger partial charge in [-0.3, -0.25) is 9.89 Å². The number of rotatable bonds is 2. The zero-order valence-corrected chi connectivity index (χ0v) is 16.5. The van der Waals surface area contributed by atoms with Gasteiger partial charge in [0, 0.05) is 42.8 Å². The number of carbonyl (C=O) groups is 1. The quantitative estimate of drug-likeness (QED) is 0.726. The normalized spacial score (nSPS) is 25.3. The van der Waals surface area contributed by atoms with Crippen molar-refractivity contribution in [3.8, 4) is 0 Å².